The molecule has 2 aromatic carbocycles. The van der Waals surface area contributed by atoms with Gasteiger partial charge in [-0.2, -0.15) is 0 Å². The number of carbonyl (C=O) groups is 2. The van der Waals surface area contributed by atoms with E-state index in [0.29, 0.717) is 58.0 Å². The number of hydrogen-bond acceptors (Lipinski definition) is 3. The molecule has 34 heavy (non-hydrogen) atoms. The molecule has 3 aliphatic rings. The third-order valence-electron chi connectivity index (χ3n) is 8.24. The number of piperidine rings is 1. The highest BCUT2D eigenvalue weighted by molar-refractivity contribution is 5.84. The van der Waals surface area contributed by atoms with Crippen molar-refractivity contribution in [3.63, 3.8) is 0 Å². The van der Waals surface area contributed by atoms with E-state index in [0.717, 1.165) is 12.0 Å². The van der Waals surface area contributed by atoms with Crippen LogP contribution in [0.1, 0.15) is 43.2 Å². The highest BCUT2D eigenvalue weighted by Gasteiger charge is 2.51. The summed E-state index contributed by atoms with van der Waals surface area (Å²) >= 11 is 0. The lowest BCUT2D eigenvalue weighted by molar-refractivity contribution is -0.150. The molecule has 180 valence electrons. The van der Waals surface area contributed by atoms with E-state index in [1.807, 2.05) is 11.0 Å². The molecule has 3 atom stereocenters. The van der Waals surface area contributed by atoms with Gasteiger partial charge in [-0.3, -0.25) is 9.59 Å². The molecule has 0 saturated carbocycles. The molecular formula is C28H33FN2O3. The molecule has 3 saturated heterocycles. The fraction of sp³-hybridized carbons (Fsp3) is 0.500. The van der Waals surface area contributed by atoms with Crippen LogP contribution in [0.3, 0.4) is 0 Å². The predicted molar refractivity (Wildman–Crippen MR) is 128 cm³/mol. The van der Waals surface area contributed by atoms with E-state index in [9.17, 15) is 14.0 Å². The second-order valence-electron chi connectivity index (χ2n) is 10.2. The van der Waals surface area contributed by atoms with E-state index >= 15 is 0 Å². The summed E-state index contributed by atoms with van der Waals surface area (Å²) in [7, 11) is 0. The summed E-state index contributed by atoms with van der Waals surface area (Å²) in [6, 6.07) is 17.1. The first-order chi connectivity index (χ1) is 16.5. The van der Waals surface area contributed by atoms with Crippen LogP contribution in [-0.2, 0) is 20.7 Å². The molecule has 0 bridgehead atoms. The summed E-state index contributed by atoms with van der Waals surface area (Å²) in [4.78, 5) is 30.4. The van der Waals surface area contributed by atoms with Crippen molar-refractivity contribution >= 4 is 11.8 Å². The van der Waals surface area contributed by atoms with Crippen molar-refractivity contribution in [1.82, 2.24) is 9.80 Å². The molecule has 5 nitrogen and oxygen atoms in total. The fourth-order valence-corrected chi connectivity index (χ4v) is 6.30. The first-order valence-electron chi connectivity index (χ1n) is 12.4. The van der Waals surface area contributed by atoms with Crippen LogP contribution in [0.2, 0.25) is 0 Å². The Morgan fingerprint density at radius 1 is 1.06 bits per heavy atom. The minimum Gasteiger partial charge on any atom is -0.381 e. The van der Waals surface area contributed by atoms with Crippen LogP contribution >= 0.6 is 0 Å². The van der Waals surface area contributed by atoms with Gasteiger partial charge in [0.15, 0.2) is 0 Å². The Bertz CT molecular complexity index is 1020. The number of halogens is 1. The first kappa shape index (κ1) is 23.0. The fourth-order valence-electron chi connectivity index (χ4n) is 6.30. The molecule has 5 rings (SSSR count). The average molecular weight is 465 g/mol. The largest absolute Gasteiger partial charge is 0.381 e. The van der Waals surface area contributed by atoms with Crippen LogP contribution in [0.25, 0.3) is 0 Å². The highest BCUT2D eigenvalue weighted by atomic mass is 19.1. The van der Waals surface area contributed by atoms with Crippen molar-refractivity contribution < 1.29 is 18.7 Å². The molecule has 2 aromatic rings. The molecule has 0 unspecified atom stereocenters. The Labute approximate surface area is 200 Å². The summed E-state index contributed by atoms with van der Waals surface area (Å²) in [6.07, 6.45) is 2.68. The van der Waals surface area contributed by atoms with Gasteiger partial charge in [-0.05, 0) is 48.9 Å². The lowest BCUT2D eigenvalue weighted by Gasteiger charge is -2.44. The molecule has 0 radical (unpaired) electrons. The Kier molecular flexibility index (Phi) is 6.43. The topological polar surface area (TPSA) is 49.9 Å². The summed E-state index contributed by atoms with van der Waals surface area (Å²) in [6.45, 7) is 4.80. The third kappa shape index (κ3) is 4.36. The van der Waals surface area contributed by atoms with Gasteiger partial charge in [0.25, 0.3) is 0 Å². The van der Waals surface area contributed by atoms with Gasteiger partial charge in [0, 0.05) is 51.0 Å². The van der Waals surface area contributed by atoms with Crippen molar-refractivity contribution in [3.8, 4) is 0 Å². The number of benzene rings is 2. The molecule has 6 heteroatoms. The monoisotopic (exact) mass is 464 g/mol. The molecule has 0 N–H and O–H groups in total. The molecule has 3 heterocycles. The van der Waals surface area contributed by atoms with E-state index < -0.39 is 5.41 Å². The Hall–Kier alpha value is -2.73. The van der Waals surface area contributed by atoms with Crippen LogP contribution < -0.4 is 0 Å². The number of carbonyl (C=O) groups excluding carboxylic acids is 2. The maximum atomic E-state index is 14.4. The number of rotatable bonds is 4. The molecule has 2 amide bonds. The second-order valence-corrected chi connectivity index (χ2v) is 10.2. The van der Waals surface area contributed by atoms with Crippen LogP contribution in [-0.4, -0.2) is 60.5 Å². The standard InChI is InChI=1S/C28H33FN2O3/c1-20(32)30-14-12-28(13-15-30,17-21-7-9-23(29)10-8-21)27(33)31-18-24(22-5-3-2-4-6-22)25-19-34-16-11-26(25)31/h2-10,24-26H,11-19H2,1H3/t24-,25-,26-/m1/s1. The maximum Gasteiger partial charge on any atom is 0.229 e. The van der Waals surface area contributed by atoms with E-state index in [-0.39, 0.29) is 29.6 Å². The Balaban J connectivity index is 1.45. The third-order valence-corrected chi connectivity index (χ3v) is 8.24. The smallest absolute Gasteiger partial charge is 0.229 e. The van der Waals surface area contributed by atoms with Gasteiger partial charge in [-0.25, -0.2) is 4.39 Å². The van der Waals surface area contributed by atoms with Gasteiger partial charge < -0.3 is 14.5 Å². The molecular weight excluding hydrogens is 431 g/mol. The normalized spacial score (nSPS) is 26.2. The minimum atomic E-state index is -0.585. The Morgan fingerprint density at radius 2 is 1.76 bits per heavy atom. The van der Waals surface area contributed by atoms with Crippen LogP contribution in [0.5, 0.6) is 0 Å². The summed E-state index contributed by atoms with van der Waals surface area (Å²) in [5, 5.41) is 0. The number of likely N-dealkylation sites (tertiary alicyclic amines) is 2. The minimum absolute atomic E-state index is 0.0534. The van der Waals surface area contributed by atoms with E-state index in [1.165, 1.54) is 17.7 Å². The molecule has 0 aromatic heterocycles. The van der Waals surface area contributed by atoms with Crippen LogP contribution in [0.15, 0.2) is 54.6 Å². The zero-order chi connectivity index (χ0) is 23.7. The van der Waals surface area contributed by atoms with Crippen molar-refractivity contribution in [2.75, 3.05) is 32.8 Å². The summed E-state index contributed by atoms with van der Waals surface area (Å²) < 4.78 is 19.4. The van der Waals surface area contributed by atoms with Crippen LogP contribution in [0.4, 0.5) is 4.39 Å². The molecule has 0 spiro atoms. The number of fused-ring (bicyclic) bond motifs is 1. The zero-order valence-electron chi connectivity index (χ0n) is 19.8. The number of amides is 2. The van der Waals surface area contributed by atoms with Crippen molar-refractivity contribution in [2.24, 2.45) is 11.3 Å². The first-order valence-corrected chi connectivity index (χ1v) is 12.4. The second kappa shape index (κ2) is 9.49. The number of hydrogen-bond donors (Lipinski definition) is 0. The SMILES string of the molecule is CC(=O)N1CCC(Cc2ccc(F)cc2)(C(=O)N2C[C@H](c3ccccc3)[C@H]3COCC[C@H]32)CC1. The Morgan fingerprint density at radius 3 is 2.44 bits per heavy atom. The zero-order valence-corrected chi connectivity index (χ0v) is 19.8. The van der Waals surface area contributed by atoms with Gasteiger partial charge in [-0.15, -0.1) is 0 Å². The van der Waals surface area contributed by atoms with Gasteiger partial charge in [0.05, 0.1) is 12.0 Å². The average Bonchev–Trinajstić information content (AvgIpc) is 3.25. The predicted octanol–water partition coefficient (Wildman–Crippen LogP) is 4.03. The lowest BCUT2D eigenvalue weighted by atomic mass is 9.72. The van der Waals surface area contributed by atoms with Crippen molar-refractivity contribution in [3.05, 3.63) is 71.5 Å². The quantitative estimate of drug-likeness (QED) is 0.687. The maximum absolute atomic E-state index is 14.4. The molecule has 3 aliphatic heterocycles. The van der Waals surface area contributed by atoms with Gasteiger partial charge >= 0.3 is 0 Å². The lowest BCUT2D eigenvalue weighted by Crippen LogP contribution is -2.54. The van der Waals surface area contributed by atoms with Crippen LogP contribution in [0, 0.1) is 17.2 Å². The van der Waals surface area contributed by atoms with Gasteiger partial charge in [-0.1, -0.05) is 42.5 Å². The number of ether oxygens (including phenoxy) is 1. The van der Waals surface area contributed by atoms with Crippen molar-refractivity contribution in [2.45, 2.75) is 44.6 Å². The van der Waals surface area contributed by atoms with Gasteiger partial charge in [0.1, 0.15) is 5.82 Å². The molecule has 3 fully saturated rings. The highest BCUT2D eigenvalue weighted by Crippen LogP contribution is 2.45. The number of nitrogens with zero attached hydrogens (tertiary/aromatic N) is 2. The van der Waals surface area contributed by atoms with E-state index in [4.69, 9.17) is 4.74 Å². The van der Waals surface area contributed by atoms with E-state index in [2.05, 4.69) is 29.2 Å². The summed E-state index contributed by atoms with van der Waals surface area (Å²) in [5.41, 5.74) is 1.64. The summed E-state index contributed by atoms with van der Waals surface area (Å²) in [5.74, 6) is 0.523. The van der Waals surface area contributed by atoms with Crippen molar-refractivity contribution in [1.29, 1.82) is 0 Å². The van der Waals surface area contributed by atoms with Gasteiger partial charge in [0.2, 0.25) is 11.8 Å². The van der Waals surface area contributed by atoms with E-state index in [1.54, 1.807) is 19.1 Å². The molecule has 0 aliphatic carbocycles.